The molecule has 7 nitrogen and oxygen atoms in total. The molecule has 0 saturated carbocycles. The zero-order valence-electron chi connectivity index (χ0n) is 20.4. The van der Waals surface area contributed by atoms with Gasteiger partial charge in [-0.05, 0) is 55.8 Å². The molecule has 3 aromatic carbocycles. The molecule has 1 aliphatic heterocycles. The summed E-state index contributed by atoms with van der Waals surface area (Å²) in [5, 5.41) is 12.0. The molecule has 2 heterocycles. The van der Waals surface area contributed by atoms with Crippen LogP contribution in [0.3, 0.4) is 0 Å². The van der Waals surface area contributed by atoms with Crippen molar-refractivity contribution in [3.05, 3.63) is 100 Å². The number of methoxy groups -OCH3 is 1. The lowest BCUT2D eigenvalue weighted by molar-refractivity contribution is -0.117. The van der Waals surface area contributed by atoms with Crippen molar-refractivity contribution in [1.29, 1.82) is 0 Å². The predicted molar refractivity (Wildman–Crippen MR) is 141 cm³/mol. The number of hydrogen-bond acceptors (Lipinski definition) is 6. The summed E-state index contributed by atoms with van der Waals surface area (Å²) >= 11 is 6.17. The molecular formula is C29H24ClNO6. The number of fused-ring (bicyclic) bond motifs is 1. The molecule has 0 aliphatic carbocycles. The van der Waals surface area contributed by atoms with Crippen LogP contribution in [-0.2, 0) is 4.79 Å². The van der Waals surface area contributed by atoms with Crippen LogP contribution < -0.4 is 14.4 Å². The van der Waals surface area contributed by atoms with E-state index in [9.17, 15) is 14.7 Å². The average Bonchev–Trinajstić information content (AvgIpc) is 3.43. The predicted octanol–water partition coefficient (Wildman–Crippen LogP) is 6.66. The molecule has 1 unspecified atom stereocenters. The van der Waals surface area contributed by atoms with Gasteiger partial charge in [-0.1, -0.05) is 41.9 Å². The first kappa shape index (κ1) is 24.5. The third-order valence-corrected chi connectivity index (χ3v) is 6.26. The Morgan fingerprint density at radius 2 is 1.76 bits per heavy atom. The van der Waals surface area contributed by atoms with Crippen molar-refractivity contribution in [3.8, 4) is 11.5 Å². The van der Waals surface area contributed by atoms with Gasteiger partial charge in [0.15, 0.2) is 22.9 Å². The number of carbonyl (C=O) groups excluding carboxylic acids is 2. The summed E-state index contributed by atoms with van der Waals surface area (Å²) in [5.41, 5.74) is 1.42. The second kappa shape index (κ2) is 9.67. The quantitative estimate of drug-likeness (QED) is 0.275. The average molecular weight is 518 g/mol. The van der Waals surface area contributed by atoms with Gasteiger partial charge in [0.2, 0.25) is 5.78 Å². The highest BCUT2D eigenvalue weighted by Crippen LogP contribution is 2.43. The summed E-state index contributed by atoms with van der Waals surface area (Å²) in [4.78, 5) is 28.6. The van der Waals surface area contributed by atoms with Crippen molar-refractivity contribution >= 4 is 39.9 Å². The first-order chi connectivity index (χ1) is 17.8. The summed E-state index contributed by atoms with van der Waals surface area (Å²) in [6.07, 6.45) is -0.0106. The number of rotatable bonds is 7. The molecule has 1 aliphatic rings. The Morgan fingerprint density at radius 3 is 2.41 bits per heavy atom. The van der Waals surface area contributed by atoms with Gasteiger partial charge in [0.1, 0.15) is 5.75 Å². The van der Waals surface area contributed by atoms with E-state index in [2.05, 4.69) is 0 Å². The van der Waals surface area contributed by atoms with E-state index in [0.29, 0.717) is 38.7 Å². The van der Waals surface area contributed by atoms with Gasteiger partial charge in [0, 0.05) is 22.2 Å². The summed E-state index contributed by atoms with van der Waals surface area (Å²) in [7, 11) is 1.47. The van der Waals surface area contributed by atoms with E-state index in [4.69, 9.17) is 25.5 Å². The van der Waals surface area contributed by atoms with Crippen molar-refractivity contribution in [3.63, 3.8) is 0 Å². The largest absolute Gasteiger partial charge is 0.503 e. The van der Waals surface area contributed by atoms with Crippen LogP contribution in [0.5, 0.6) is 11.5 Å². The van der Waals surface area contributed by atoms with Crippen LogP contribution in [0.1, 0.15) is 36.0 Å². The molecule has 0 radical (unpaired) electrons. The summed E-state index contributed by atoms with van der Waals surface area (Å²) in [6.45, 7) is 3.84. The second-order valence-electron chi connectivity index (χ2n) is 8.88. The number of aliphatic hydroxyl groups is 1. The van der Waals surface area contributed by atoms with Gasteiger partial charge < -0.3 is 19.0 Å². The number of ether oxygens (including phenoxy) is 2. The standard InChI is InChI=1S/C29H24ClNO6/c1-16(2)36-21-11-9-20(10-12-21)31-25(17-7-5-4-6-8-17)24(27(33)29(31)34)26(32)22-14-18-13-19(30)15-23(35-3)28(18)37-22/h4-16,25,33H,1-3H3. The molecule has 4 aromatic rings. The number of ketones is 1. The molecule has 8 heteroatoms. The van der Waals surface area contributed by atoms with Crippen molar-refractivity contribution in [2.24, 2.45) is 0 Å². The first-order valence-electron chi connectivity index (χ1n) is 11.7. The maximum absolute atomic E-state index is 13.8. The van der Waals surface area contributed by atoms with Crippen LogP contribution in [0.2, 0.25) is 5.02 Å². The van der Waals surface area contributed by atoms with E-state index in [1.165, 1.54) is 18.1 Å². The maximum Gasteiger partial charge on any atom is 0.294 e. The van der Waals surface area contributed by atoms with Gasteiger partial charge in [-0.15, -0.1) is 0 Å². The van der Waals surface area contributed by atoms with Crippen LogP contribution in [-0.4, -0.2) is 30.0 Å². The van der Waals surface area contributed by atoms with Gasteiger partial charge in [-0.25, -0.2) is 0 Å². The second-order valence-corrected chi connectivity index (χ2v) is 9.31. The fraction of sp³-hybridized carbons (Fsp3) is 0.172. The maximum atomic E-state index is 13.8. The molecule has 1 aromatic heterocycles. The van der Waals surface area contributed by atoms with Crippen molar-refractivity contribution in [2.45, 2.75) is 26.0 Å². The van der Waals surface area contributed by atoms with Crippen molar-refractivity contribution in [1.82, 2.24) is 0 Å². The van der Waals surface area contributed by atoms with E-state index in [0.717, 1.165) is 0 Å². The number of hydrogen-bond donors (Lipinski definition) is 1. The minimum absolute atomic E-state index is 0.0106. The van der Waals surface area contributed by atoms with Gasteiger partial charge in [-0.2, -0.15) is 0 Å². The molecule has 1 amide bonds. The van der Waals surface area contributed by atoms with Gasteiger partial charge >= 0.3 is 0 Å². The lowest BCUT2D eigenvalue weighted by atomic mass is 9.95. The number of benzene rings is 3. The number of Topliss-reactive ketones (excluding diaryl/α,β-unsaturated/α-hetero) is 1. The number of amides is 1. The highest BCUT2D eigenvalue weighted by atomic mass is 35.5. The minimum Gasteiger partial charge on any atom is -0.503 e. The number of halogens is 1. The van der Waals surface area contributed by atoms with Gasteiger partial charge in [-0.3, -0.25) is 14.5 Å². The third kappa shape index (κ3) is 4.42. The Labute approximate surface area is 218 Å². The molecule has 37 heavy (non-hydrogen) atoms. The zero-order chi connectivity index (χ0) is 26.3. The van der Waals surface area contributed by atoms with Crippen LogP contribution in [0.15, 0.2) is 88.5 Å². The molecule has 0 fully saturated rings. The van der Waals surface area contributed by atoms with E-state index >= 15 is 0 Å². The first-order valence-corrected chi connectivity index (χ1v) is 12.1. The molecule has 1 N–H and O–H groups in total. The SMILES string of the molecule is COc1cc(Cl)cc2cc(C(=O)C3=C(O)C(=O)N(c4ccc(OC(C)C)cc4)C3c3ccccc3)oc12. The zero-order valence-corrected chi connectivity index (χ0v) is 21.2. The Balaban J connectivity index is 1.60. The molecule has 0 saturated heterocycles. The number of carbonyl (C=O) groups is 2. The Kier molecular flexibility index (Phi) is 6.39. The van der Waals surface area contributed by atoms with Crippen molar-refractivity contribution < 1.29 is 28.6 Å². The topological polar surface area (TPSA) is 89.2 Å². The van der Waals surface area contributed by atoms with Crippen LogP contribution in [0.25, 0.3) is 11.0 Å². The van der Waals surface area contributed by atoms with E-state index in [1.54, 1.807) is 48.5 Å². The molecule has 1 atom stereocenters. The number of furan rings is 1. The minimum atomic E-state index is -0.878. The lowest BCUT2D eigenvalue weighted by Crippen LogP contribution is -2.31. The van der Waals surface area contributed by atoms with Gasteiger partial charge in [0.05, 0.1) is 24.8 Å². The van der Waals surface area contributed by atoms with Gasteiger partial charge in [0.25, 0.3) is 5.91 Å². The monoisotopic (exact) mass is 517 g/mol. The molecule has 0 bridgehead atoms. The molecular weight excluding hydrogens is 494 g/mol. The summed E-state index contributed by atoms with van der Waals surface area (Å²) in [5.74, 6) is -0.972. The van der Waals surface area contributed by atoms with Crippen LogP contribution >= 0.6 is 11.6 Å². The highest BCUT2D eigenvalue weighted by Gasteiger charge is 2.45. The molecule has 5 rings (SSSR count). The van der Waals surface area contributed by atoms with Crippen LogP contribution in [0.4, 0.5) is 5.69 Å². The number of nitrogens with zero attached hydrogens (tertiary/aromatic N) is 1. The van der Waals surface area contributed by atoms with Crippen molar-refractivity contribution in [2.75, 3.05) is 12.0 Å². The smallest absolute Gasteiger partial charge is 0.294 e. The van der Waals surface area contributed by atoms with E-state index in [1.807, 2.05) is 32.0 Å². The summed E-state index contributed by atoms with van der Waals surface area (Å²) < 4.78 is 16.9. The normalized spacial score (nSPS) is 15.6. The fourth-order valence-electron chi connectivity index (χ4n) is 4.49. The summed E-state index contributed by atoms with van der Waals surface area (Å²) in [6, 6.07) is 19.9. The number of anilines is 1. The number of aliphatic hydroxyl groups excluding tert-OH is 1. The Morgan fingerprint density at radius 1 is 1.05 bits per heavy atom. The van der Waals surface area contributed by atoms with E-state index in [-0.39, 0.29) is 17.4 Å². The van der Waals surface area contributed by atoms with Crippen LogP contribution in [0, 0.1) is 0 Å². The van der Waals surface area contributed by atoms with E-state index < -0.39 is 23.5 Å². The Hall–Kier alpha value is -4.23. The Bertz CT molecular complexity index is 1520. The molecule has 188 valence electrons. The highest BCUT2D eigenvalue weighted by molar-refractivity contribution is 6.31. The fourth-order valence-corrected chi connectivity index (χ4v) is 4.71. The third-order valence-electron chi connectivity index (χ3n) is 6.05. The lowest BCUT2D eigenvalue weighted by Gasteiger charge is -2.27. The molecule has 0 spiro atoms.